The summed E-state index contributed by atoms with van der Waals surface area (Å²) < 4.78 is 2.82. The lowest BCUT2D eigenvalue weighted by molar-refractivity contribution is 0.332. The molecular formula is C76H90BN3S. The molecule has 0 bridgehead atoms. The molecule has 3 heterocycles. The van der Waals surface area contributed by atoms with Crippen molar-refractivity contribution in [2.75, 3.05) is 14.7 Å². The molecule has 2 aliphatic heterocycles. The van der Waals surface area contributed by atoms with Gasteiger partial charge in [0.1, 0.15) is 0 Å². The third kappa shape index (κ3) is 9.21. The van der Waals surface area contributed by atoms with Gasteiger partial charge in [0.2, 0.25) is 0 Å². The minimum atomic E-state index is -0.0856. The zero-order chi connectivity index (χ0) is 58.1. The Balaban J connectivity index is 1.27. The first-order valence-corrected chi connectivity index (χ1v) is 31.3. The summed E-state index contributed by atoms with van der Waals surface area (Å²) in [6, 6.07) is 53.7. The number of rotatable bonds is 5. The summed E-state index contributed by atoms with van der Waals surface area (Å²) in [4.78, 5) is 7.99. The van der Waals surface area contributed by atoms with Gasteiger partial charge in [-0.3, -0.25) is 0 Å². The van der Waals surface area contributed by atoms with Crippen LogP contribution in [-0.4, -0.2) is 6.71 Å². The van der Waals surface area contributed by atoms with Gasteiger partial charge in [-0.2, -0.15) is 0 Å². The third-order valence-electron chi connectivity index (χ3n) is 19.8. The van der Waals surface area contributed by atoms with Crippen LogP contribution in [0.5, 0.6) is 0 Å². The van der Waals surface area contributed by atoms with E-state index in [9.17, 15) is 0 Å². The van der Waals surface area contributed by atoms with Crippen LogP contribution in [0.4, 0.5) is 51.2 Å². The SMILES string of the molecule is CC(C)(C)c1ccc(N(c2ccccc2)c2cc3c4c(c2)N(c2ccc5c(c2)C(C)(C)CCC5(C)C)c2c(sc5cc6c(cc25)C(C)(C)CCC6(C)C)B4c2cc(C(C)(C)C)ccc2N3c2cc(C(C)(C)C)cc(C(C)(C)C)c2)cc1. The lowest BCUT2D eigenvalue weighted by atomic mass is 9.36. The standard InChI is InChI=1S/C76H90BN3S/c1-69(2,3)47-26-29-52(30-27-47)78(51-24-22-21-23-25-51)55-43-63-66-64(44-55)80(53-31-32-57-58(42-53)74(15,16)35-34-73(57,13)14)67-56-45-59-60(76(19,20)37-36-75(59,17)18)46-65(56)81-68(67)77(66)61-41-48(70(4,5)6)28-33-62(61)79(63)54-39-49(71(7,8)9)38-50(40-54)72(10,11)12/h21-33,38-46H,34-37H2,1-20H3. The molecule has 4 aliphatic rings. The van der Waals surface area contributed by atoms with Crippen molar-refractivity contribution in [1.82, 2.24) is 0 Å². The molecule has 0 saturated carbocycles. The van der Waals surface area contributed by atoms with E-state index in [0.29, 0.717) is 0 Å². The highest BCUT2D eigenvalue weighted by molar-refractivity contribution is 7.33. The fraction of sp³-hybridized carbons (Fsp3) is 0.421. The smallest absolute Gasteiger partial charge is 0.264 e. The molecule has 0 atom stereocenters. The van der Waals surface area contributed by atoms with Crippen molar-refractivity contribution >= 4 is 95.0 Å². The number of benzene rings is 7. The molecule has 418 valence electrons. The second kappa shape index (κ2) is 18.2. The lowest BCUT2D eigenvalue weighted by Crippen LogP contribution is -2.60. The quantitative estimate of drug-likeness (QED) is 0.159. The fourth-order valence-corrected chi connectivity index (χ4v) is 15.5. The zero-order valence-electron chi connectivity index (χ0n) is 52.9. The first-order valence-electron chi connectivity index (χ1n) is 30.5. The Bertz CT molecular complexity index is 3790. The minimum absolute atomic E-state index is 0.0136. The van der Waals surface area contributed by atoms with Crippen LogP contribution < -0.4 is 30.4 Å². The summed E-state index contributed by atoms with van der Waals surface area (Å²) in [5.74, 6) is 0. The maximum atomic E-state index is 2.77. The van der Waals surface area contributed by atoms with E-state index in [2.05, 4.69) is 298 Å². The molecule has 7 aromatic carbocycles. The van der Waals surface area contributed by atoms with Crippen molar-refractivity contribution in [2.45, 2.75) is 207 Å². The molecule has 8 aromatic rings. The molecule has 0 amide bonds. The summed E-state index contributed by atoms with van der Waals surface area (Å²) in [5, 5.41) is 1.37. The van der Waals surface area contributed by atoms with Crippen LogP contribution in [0.3, 0.4) is 0 Å². The molecule has 0 saturated heterocycles. The first kappa shape index (κ1) is 55.5. The summed E-state index contributed by atoms with van der Waals surface area (Å²) in [5.41, 5.74) is 25.0. The summed E-state index contributed by atoms with van der Waals surface area (Å²) >= 11 is 2.06. The number of anilines is 9. The molecule has 0 radical (unpaired) electrons. The van der Waals surface area contributed by atoms with Crippen molar-refractivity contribution in [2.24, 2.45) is 0 Å². The fourth-order valence-electron chi connectivity index (χ4n) is 14.1. The van der Waals surface area contributed by atoms with Crippen LogP contribution in [0, 0.1) is 0 Å². The Kier molecular flexibility index (Phi) is 12.5. The van der Waals surface area contributed by atoms with Gasteiger partial charge in [0.05, 0.1) is 11.4 Å². The number of hydrogen-bond acceptors (Lipinski definition) is 4. The Labute approximate surface area is 492 Å². The number of thiophene rings is 1. The third-order valence-corrected chi connectivity index (χ3v) is 21.0. The summed E-state index contributed by atoms with van der Waals surface area (Å²) in [6.07, 6.45) is 4.68. The van der Waals surface area contributed by atoms with Gasteiger partial charge in [-0.15, -0.1) is 11.3 Å². The highest BCUT2D eigenvalue weighted by Crippen LogP contribution is 2.56. The summed E-state index contributed by atoms with van der Waals surface area (Å²) in [6.45, 7) is 48.2. The molecule has 81 heavy (non-hydrogen) atoms. The van der Waals surface area contributed by atoms with Crippen LogP contribution in [0.2, 0.25) is 0 Å². The molecule has 0 unspecified atom stereocenters. The van der Waals surface area contributed by atoms with Crippen LogP contribution in [0.15, 0.2) is 133 Å². The topological polar surface area (TPSA) is 9.72 Å². The normalized spacial score (nSPS) is 17.8. The maximum Gasteiger partial charge on any atom is 0.264 e. The average Bonchev–Trinajstić information content (AvgIpc) is 2.39. The van der Waals surface area contributed by atoms with Gasteiger partial charge in [-0.1, -0.05) is 193 Å². The highest BCUT2D eigenvalue weighted by atomic mass is 32.1. The molecular weight excluding hydrogens is 998 g/mol. The van der Waals surface area contributed by atoms with Gasteiger partial charge in [0.25, 0.3) is 6.71 Å². The molecule has 1 aromatic heterocycles. The van der Waals surface area contributed by atoms with Gasteiger partial charge in [0, 0.05) is 54.7 Å². The van der Waals surface area contributed by atoms with E-state index in [4.69, 9.17) is 0 Å². The van der Waals surface area contributed by atoms with Crippen molar-refractivity contribution in [3.05, 3.63) is 178 Å². The molecule has 3 nitrogen and oxygen atoms in total. The van der Waals surface area contributed by atoms with E-state index in [1.54, 1.807) is 0 Å². The number of nitrogens with zero attached hydrogens (tertiary/aromatic N) is 3. The first-order chi connectivity index (χ1) is 37.6. The Morgan fingerprint density at radius 3 is 1.46 bits per heavy atom. The molecule has 5 heteroatoms. The molecule has 0 N–H and O–H groups in total. The van der Waals surface area contributed by atoms with Gasteiger partial charge < -0.3 is 14.7 Å². The van der Waals surface area contributed by atoms with Crippen molar-refractivity contribution in [3.8, 4) is 0 Å². The molecule has 12 rings (SSSR count). The molecule has 0 fully saturated rings. The number of hydrogen-bond donors (Lipinski definition) is 0. The largest absolute Gasteiger partial charge is 0.311 e. The van der Waals surface area contributed by atoms with Crippen LogP contribution in [0.1, 0.15) is 209 Å². The van der Waals surface area contributed by atoms with E-state index in [1.165, 1.54) is 124 Å². The predicted molar refractivity (Wildman–Crippen MR) is 356 cm³/mol. The van der Waals surface area contributed by atoms with Crippen molar-refractivity contribution < 1.29 is 0 Å². The van der Waals surface area contributed by atoms with Crippen LogP contribution in [-0.2, 0) is 43.3 Å². The molecule has 0 spiro atoms. The van der Waals surface area contributed by atoms with Gasteiger partial charge in [-0.25, -0.2) is 0 Å². The zero-order valence-corrected chi connectivity index (χ0v) is 53.7. The number of fused-ring (bicyclic) bond motifs is 8. The highest BCUT2D eigenvalue weighted by Gasteiger charge is 2.48. The lowest BCUT2D eigenvalue weighted by Gasteiger charge is -2.46. The minimum Gasteiger partial charge on any atom is -0.311 e. The average molecular weight is 1090 g/mol. The second-order valence-electron chi connectivity index (χ2n) is 31.7. The Morgan fingerprint density at radius 2 is 0.901 bits per heavy atom. The van der Waals surface area contributed by atoms with E-state index < -0.39 is 0 Å². The van der Waals surface area contributed by atoms with E-state index in [-0.39, 0.29) is 50.0 Å². The second-order valence-corrected chi connectivity index (χ2v) is 32.8. The molecule has 2 aliphatic carbocycles. The predicted octanol–water partition coefficient (Wildman–Crippen LogP) is 20.3. The summed E-state index contributed by atoms with van der Waals surface area (Å²) in [7, 11) is 0. The Hall–Kier alpha value is -6.04. The van der Waals surface area contributed by atoms with Gasteiger partial charge in [0.15, 0.2) is 0 Å². The number of para-hydroxylation sites is 1. The van der Waals surface area contributed by atoms with Gasteiger partial charge >= 0.3 is 0 Å². The monoisotopic (exact) mass is 1090 g/mol. The van der Waals surface area contributed by atoms with E-state index in [1.807, 2.05) is 0 Å². The van der Waals surface area contributed by atoms with Crippen molar-refractivity contribution in [1.29, 1.82) is 0 Å². The Morgan fingerprint density at radius 1 is 0.407 bits per heavy atom. The van der Waals surface area contributed by atoms with Crippen LogP contribution in [0.25, 0.3) is 10.1 Å². The maximum absolute atomic E-state index is 2.77. The van der Waals surface area contributed by atoms with E-state index >= 15 is 0 Å². The van der Waals surface area contributed by atoms with Crippen LogP contribution >= 0.6 is 11.3 Å². The van der Waals surface area contributed by atoms with Gasteiger partial charge in [-0.05, 0) is 203 Å². The van der Waals surface area contributed by atoms with E-state index in [0.717, 1.165) is 23.5 Å². The van der Waals surface area contributed by atoms with Crippen molar-refractivity contribution in [3.63, 3.8) is 0 Å².